The van der Waals surface area contributed by atoms with Gasteiger partial charge in [0.1, 0.15) is 5.75 Å². The minimum absolute atomic E-state index is 0.122. The average molecular weight is 456 g/mol. The number of rotatable bonds is 7. The lowest BCUT2D eigenvalue weighted by atomic mass is 9.79. The van der Waals surface area contributed by atoms with E-state index < -0.39 is 24.4 Å². The molecule has 0 aromatic heterocycles. The van der Waals surface area contributed by atoms with Gasteiger partial charge in [-0.3, -0.25) is 4.79 Å². The second kappa shape index (κ2) is 10.3. The summed E-state index contributed by atoms with van der Waals surface area (Å²) in [6.45, 7) is 2.13. The van der Waals surface area contributed by atoms with Gasteiger partial charge in [0.15, 0.2) is 0 Å². The van der Waals surface area contributed by atoms with E-state index in [1.165, 1.54) is 13.2 Å². The predicted molar refractivity (Wildman–Crippen MR) is 119 cm³/mol. The molecule has 1 aliphatic heterocycles. The summed E-state index contributed by atoms with van der Waals surface area (Å²) in [5.74, 6) is -2.22. The highest BCUT2D eigenvalue weighted by atomic mass is 19.3. The summed E-state index contributed by atoms with van der Waals surface area (Å²) in [5, 5.41) is 6.01. The van der Waals surface area contributed by atoms with Gasteiger partial charge in [-0.1, -0.05) is 48.5 Å². The fourth-order valence-electron chi connectivity index (χ4n) is 4.01. The molecule has 2 atom stereocenters. The Balaban J connectivity index is 2.10. The molecule has 0 aliphatic carbocycles. The standard InChI is InChI=1S/C25H26F2N2O4/c1-14(17-10-6-5-7-11-17)29-23(30)20-15(2)28-16(3)21(24(31)32-4)22(20)18-12-8-9-13-19(18)33-25(26)27/h5-14,22,25,28H,1-4H3,(H,29,30)/t14-,22-/m1/s1. The largest absolute Gasteiger partial charge is 0.466 e. The minimum Gasteiger partial charge on any atom is -0.466 e. The van der Waals surface area contributed by atoms with E-state index in [0.717, 1.165) is 5.56 Å². The van der Waals surface area contributed by atoms with Crippen LogP contribution < -0.4 is 15.4 Å². The van der Waals surface area contributed by atoms with Crippen molar-refractivity contribution in [3.05, 3.63) is 88.3 Å². The normalized spacial score (nSPS) is 16.9. The van der Waals surface area contributed by atoms with Crippen LogP contribution in [0.1, 0.15) is 43.9 Å². The Kier molecular flexibility index (Phi) is 7.48. The number of esters is 1. The number of ether oxygens (including phenoxy) is 2. The fraction of sp³-hybridized carbons (Fsp3) is 0.280. The summed E-state index contributed by atoms with van der Waals surface area (Å²) in [6.07, 6.45) is 0. The highest BCUT2D eigenvalue weighted by Gasteiger charge is 2.39. The zero-order valence-electron chi connectivity index (χ0n) is 18.8. The van der Waals surface area contributed by atoms with Crippen LogP contribution >= 0.6 is 0 Å². The number of methoxy groups -OCH3 is 1. The number of dihydropyridines is 1. The molecule has 2 aromatic carbocycles. The first-order valence-corrected chi connectivity index (χ1v) is 10.4. The van der Waals surface area contributed by atoms with Gasteiger partial charge in [0.05, 0.1) is 24.6 Å². The summed E-state index contributed by atoms with van der Waals surface area (Å²) in [6, 6.07) is 15.2. The quantitative estimate of drug-likeness (QED) is 0.597. The summed E-state index contributed by atoms with van der Waals surface area (Å²) in [4.78, 5) is 26.2. The number of carbonyl (C=O) groups excluding carboxylic acids is 2. The molecule has 174 valence electrons. The van der Waals surface area contributed by atoms with Gasteiger partial charge in [-0.25, -0.2) is 4.79 Å². The zero-order valence-corrected chi connectivity index (χ0v) is 18.8. The Bertz CT molecular complexity index is 1100. The molecule has 1 aliphatic rings. The number of alkyl halides is 2. The Morgan fingerprint density at radius 3 is 2.21 bits per heavy atom. The lowest BCUT2D eigenvalue weighted by Gasteiger charge is -2.32. The monoisotopic (exact) mass is 456 g/mol. The number of halogens is 2. The highest BCUT2D eigenvalue weighted by molar-refractivity contribution is 6.02. The molecule has 0 saturated heterocycles. The third-order valence-electron chi connectivity index (χ3n) is 5.50. The average Bonchev–Trinajstić information content (AvgIpc) is 2.78. The number of amides is 1. The first kappa shape index (κ1) is 24.0. The van der Waals surface area contributed by atoms with E-state index >= 15 is 0 Å². The molecule has 0 radical (unpaired) electrons. The molecule has 2 N–H and O–H groups in total. The van der Waals surface area contributed by atoms with Crippen molar-refractivity contribution in [3.63, 3.8) is 0 Å². The lowest BCUT2D eigenvalue weighted by Crippen LogP contribution is -2.37. The maximum Gasteiger partial charge on any atom is 0.387 e. The van der Waals surface area contributed by atoms with Crippen molar-refractivity contribution in [2.75, 3.05) is 7.11 Å². The van der Waals surface area contributed by atoms with E-state index in [-0.39, 0.29) is 28.5 Å². The summed E-state index contributed by atoms with van der Waals surface area (Å²) < 4.78 is 36.0. The van der Waals surface area contributed by atoms with Crippen LogP contribution in [0.15, 0.2) is 77.1 Å². The molecule has 3 rings (SSSR count). The Morgan fingerprint density at radius 1 is 0.970 bits per heavy atom. The van der Waals surface area contributed by atoms with Crippen LogP contribution in [0.3, 0.4) is 0 Å². The molecule has 0 unspecified atom stereocenters. The number of hydrogen-bond acceptors (Lipinski definition) is 5. The van der Waals surface area contributed by atoms with Crippen molar-refractivity contribution >= 4 is 11.9 Å². The van der Waals surface area contributed by atoms with Crippen LogP contribution in [0.2, 0.25) is 0 Å². The van der Waals surface area contributed by atoms with E-state index in [4.69, 9.17) is 9.47 Å². The summed E-state index contributed by atoms with van der Waals surface area (Å²) in [5.41, 5.74) is 2.47. The van der Waals surface area contributed by atoms with Crippen molar-refractivity contribution in [1.82, 2.24) is 10.6 Å². The molecule has 1 heterocycles. The zero-order chi connectivity index (χ0) is 24.1. The van der Waals surface area contributed by atoms with Crippen molar-refractivity contribution in [2.24, 2.45) is 0 Å². The smallest absolute Gasteiger partial charge is 0.387 e. The molecule has 6 nitrogen and oxygen atoms in total. The molecule has 0 bridgehead atoms. The first-order chi connectivity index (χ1) is 15.7. The van der Waals surface area contributed by atoms with Crippen molar-refractivity contribution in [2.45, 2.75) is 39.3 Å². The van der Waals surface area contributed by atoms with Gasteiger partial charge in [-0.15, -0.1) is 0 Å². The van der Waals surface area contributed by atoms with E-state index in [1.807, 2.05) is 37.3 Å². The number of para-hydroxylation sites is 1. The van der Waals surface area contributed by atoms with Crippen molar-refractivity contribution in [1.29, 1.82) is 0 Å². The second-order valence-electron chi connectivity index (χ2n) is 7.65. The molecular weight excluding hydrogens is 430 g/mol. The molecule has 33 heavy (non-hydrogen) atoms. The molecule has 8 heteroatoms. The van der Waals surface area contributed by atoms with Crippen LogP contribution in [0, 0.1) is 0 Å². The van der Waals surface area contributed by atoms with Gasteiger partial charge in [0, 0.05) is 22.5 Å². The number of hydrogen-bond donors (Lipinski definition) is 2. The molecule has 0 spiro atoms. The van der Waals surface area contributed by atoms with Crippen LogP contribution in [-0.2, 0) is 14.3 Å². The van der Waals surface area contributed by atoms with E-state index in [2.05, 4.69) is 10.6 Å². The van der Waals surface area contributed by atoms with Crippen LogP contribution in [0.4, 0.5) is 8.78 Å². The van der Waals surface area contributed by atoms with Gasteiger partial charge in [0.25, 0.3) is 0 Å². The number of benzene rings is 2. The lowest BCUT2D eigenvalue weighted by molar-refractivity contribution is -0.136. The van der Waals surface area contributed by atoms with E-state index in [0.29, 0.717) is 11.4 Å². The van der Waals surface area contributed by atoms with Crippen LogP contribution in [0.25, 0.3) is 0 Å². The fourth-order valence-corrected chi connectivity index (χ4v) is 4.01. The topological polar surface area (TPSA) is 76.7 Å². The number of allylic oxidation sites excluding steroid dienone is 2. The number of carbonyl (C=O) groups is 2. The van der Waals surface area contributed by atoms with Gasteiger partial charge in [-0.2, -0.15) is 8.78 Å². The van der Waals surface area contributed by atoms with Gasteiger partial charge < -0.3 is 20.1 Å². The minimum atomic E-state index is -3.07. The summed E-state index contributed by atoms with van der Waals surface area (Å²) >= 11 is 0. The molecule has 0 saturated carbocycles. The van der Waals surface area contributed by atoms with Crippen LogP contribution in [-0.4, -0.2) is 25.6 Å². The Morgan fingerprint density at radius 2 is 1.58 bits per heavy atom. The Hall–Kier alpha value is -3.68. The number of nitrogens with one attached hydrogen (secondary N) is 2. The van der Waals surface area contributed by atoms with Gasteiger partial charge in [0.2, 0.25) is 5.91 Å². The molecule has 0 fully saturated rings. The molecule has 1 amide bonds. The van der Waals surface area contributed by atoms with Crippen LogP contribution in [0.5, 0.6) is 5.75 Å². The van der Waals surface area contributed by atoms with Crippen molar-refractivity contribution < 1.29 is 27.8 Å². The molecular formula is C25H26F2N2O4. The highest BCUT2D eigenvalue weighted by Crippen LogP contribution is 2.42. The van der Waals surface area contributed by atoms with E-state index in [1.54, 1.807) is 32.0 Å². The summed E-state index contributed by atoms with van der Waals surface area (Å²) in [7, 11) is 1.23. The van der Waals surface area contributed by atoms with Gasteiger partial charge >= 0.3 is 12.6 Å². The Labute approximate surface area is 191 Å². The third-order valence-corrected chi connectivity index (χ3v) is 5.50. The third kappa shape index (κ3) is 5.22. The van der Waals surface area contributed by atoms with Crippen molar-refractivity contribution in [3.8, 4) is 5.75 Å². The predicted octanol–water partition coefficient (Wildman–Crippen LogP) is 4.57. The SMILES string of the molecule is COC(=O)C1=C(C)NC(C)=C(C(=O)N[C@H](C)c2ccccc2)[C@H]1c1ccccc1OC(F)F. The first-order valence-electron chi connectivity index (χ1n) is 10.4. The van der Waals surface area contributed by atoms with Gasteiger partial charge in [-0.05, 0) is 32.4 Å². The second-order valence-corrected chi connectivity index (χ2v) is 7.65. The van der Waals surface area contributed by atoms with E-state index in [9.17, 15) is 18.4 Å². The maximum absolute atomic E-state index is 13.5. The molecule has 2 aromatic rings. The maximum atomic E-state index is 13.5.